The average molecular weight is 435 g/mol. The first-order valence-corrected chi connectivity index (χ1v) is 10.6. The molecule has 0 saturated carbocycles. The van der Waals surface area contributed by atoms with Crippen LogP contribution in [-0.4, -0.2) is 18.0 Å². The fourth-order valence-electron chi connectivity index (χ4n) is 3.07. The van der Waals surface area contributed by atoms with Gasteiger partial charge in [-0.2, -0.15) is 0 Å². The zero-order valence-corrected chi connectivity index (χ0v) is 17.8. The van der Waals surface area contributed by atoms with Crippen LogP contribution in [0.5, 0.6) is 5.75 Å². The summed E-state index contributed by atoms with van der Waals surface area (Å²) >= 11 is 7.47. The van der Waals surface area contributed by atoms with Crippen LogP contribution in [0, 0.1) is 0 Å². The highest BCUT2D eigenvalue weighted by molar-refractivity contribution is 7.99. The Morgan fingerprint density at radius 2 is 1.83 bits per heavy atom. The highest BCUT2D eigenvalue weighted by Gasteiger charge is 2.14. The molecule has 0 unspecified atom stereocenters. The van der Waals surface area contributed by atoms with Crippen LogP contribution in [0.3, 0.4) is 0 Å². The van der Waals surface area contributed by atoms with Gasteiger partial charge in [0, 0.05) is 21.8 Å². The standard InChI is InChI=1S/C24H19ClN2O2S/c1-29-18-6-4-5-16(13-18)15-26-24(28)21-14-23(27-22-8-3-2-7-20(21)22)30-19-11-9-17(25)10-12-19/h2-14H,15H2,1H3,(H,26,28). The van der Waals surface area contributed by atoms with Crippen molar-refractivity contribution in [1.82, 2.24) is 10.3 Å². The number of methoxy groups -OCH3 is 1. The Labute approximate surface area is 184 Å². The van der Waals surface area contributed by atoms with Crippen molar-refractivity contribution in [1.29, 1.82) is 0 Å². The third-order valence-electron chi connectivity index (χ3n) is 4.56. The van der Waals surface area contributed by atoms with Crippen molar-refractivity contribution in [2.75, 3.05) is 7.11 Å². The van der Waals surface area contributed by atoms with Gasteiger partial charge in [0.1, 0.15) is 10.8 Å². The SMILES string of the molecule is COc1cccc(CNC(=O)c2cc(Sc3ccc(Cl)cc3)nc3ccccc23)c1. The van der Waals surface area contributed by atoms with E-state index in [2.05, 4.69) is 5.32 Å². The molecule has 3 aromatic carbocycles. The van der Waals surface area contributed by atoms with Crippen LogP contribution >= 0.6 is 23.4 Å². The Kier molecular flexibility index (Phi) is 6.21. The summed E-state index contributed by atoms with van der Waals surface area (Å²) in [4.78, 5) is 18.8. The predicted octanol–water partition coefficient (Wildman–Crippen LogP) is 5.98. The third-order valence-corrected chi connectivity index (χ3v) is 5.74. The third kappa shape index (κ3) is 4.75. The van der Waals surface area contributed by atoms with E-state index in [0.29, 0.717) is 17.1 Å². The molecule has 4 nitrogen and oxygen atoms in total. The van der Waals surface area contributed by atoms with E-state index in [0.717, 1.165) is 32.1 Å². The summed E-state index contributed by atoms with van der Waals surface area (Å²) < 4.78 is 5.25. The molecule has 0 spiro atoms. The molecule has 1 heterocycles. The summed E-state index contributed by atoms with van der Waals surface area (Å²) in [6.07, 6.45) is 0. The second kappa shape index (κ2) is 9.20. The Morgan fingerprint density at radius 3 is 2.63 bits per heavy atom. The van der Waals surface area contributed by atoms with Crippen molar-refractivity contribution in [3.8, 4) is 5.75 Å². The molecule has 30 heavy (non-hydrogen) atoms. The Morgan fingerprint density at radius 1 is 1.03 bits per heavy atom. The molecule has 4 aromatic rings. The van der Waals surface area contributed by atoms with Crippen LogP contribution in [-0.2, 0) is 6.54 Å². The molecule has 0 bridgehead atoms. The second-order valence-corrected chi connectivity index (χ2v) is 8.15. The maximum absolute atomic E-state index is 13.0. The first-order valence-electron chi connectivity index (χ1n) is 9.37. The van der Waals surface area contributed by atoms with Crippen molar-refractivity contribution in [2.24, 2.45) is 0 Å². The van der Waals surface area contributed by atoms with Gasteiger partial charge in [-0.15, -0.1) is 0 Å². The first kappa shape index (κ1) is 20.3. The maximum Gasteiger partial charge on any atom is 0.252 e. The summed E-state index contributed by atoms with van der Waals surface area (Å²) in [6.45, 7) is 0.409. The summed E-state index contributed by atoms with van der Waals surface area (Å²) in [5, 5.41) is 5.26. The second-order valence-electron chi connectivity index (χ2n) is 6.62. The van der Waals surface area contributed by atoms with Crippen LogP contribution in [0.1, 0.15) is 15.9 Å². The Balaban J connectivity index is 1.61. The number of amides is 1. The quantitative estimate of drug-likeness (QED) is 0.405. The molecule has 0 aliphatic heterocycles. The van der Waals surface area contributed by atoms with Crippen molar-refractivity contribution in [3.63, 3.8) is 0 Å². The van der Waals surface area contributed by atoms with E-state index in [1.807, 2.05) is 78.9 Å². The lowest BCUT2D eigenvalue weighted by Gasteiger charge is -2.11. The van der Waals surface area contributed by atoms with Crippen molar-refractivity contribution >= 4 is 40.2 Å². The number of rotatable bonds is 6. The Bertz CT molecular complexity index is 1200. The van der Waals surface area contributed by atoms with Crippen LogP contribution in [0.4, 0.5) is 0 Å². The molecule has 0 radical (unpaired) electrons. The molecular formula is C24H19ClN2O2S. The molecule has 150 valence electrons. The zero-order valence-electron chi connectivity index (χ0n) is 16.3. The minimum atomic E-state index is -0.144. The summed E-state index contributed by atoms with van der Waals surface area (Å²) in [5.74, 6) is 0.618. The van der Waals surface area contributed by atoms with Gasteiger partial charge in [0.2, 0.25) is 0 Å². The number of carbonyl (C=O) groups excluding carboxylic acids is 1. The lowest BCUT2D eigenvalue weighted by atomic mass is 10.1. The fourth-order valence-corrected chi connectivity index (χ4v) is 4.04. The number of ether oxygens (including phenoxy) is 1. The number of benzene rings is 3. The molecule has 1 aromatic heterocycles. The largest absolute Gasteiger partial charge is 0.497 e. The summed E-state index contributed by atoms with van der Waals surface area (Å²) in [5.41, 5.74) is 2.35. The van der Waals surface area contributed by atoms with Gasteiger partial charge in [0.05, 0.1) is 18.2 Å². The molecule has 1 N–H and O–H groups in total. The number of hydrogen-bond acceptors (Lipinski definition) is 4. The number of carbonyl (C=O) groups is 1. The average Bonchev–Trinajstić information content (AvgIpc) is 2.78. The summed E-state index contributed by atoms with van der Waals surface area (Å²) in [7, 11) is 1.63. The van der Waals surface area contributed by atoms with Gasteiger partial charge in [-0.3, -0.25) is 4.79 Å². The fraction of sp³-hybridized carbons (Fsp3) is 0.0833. The van der Waals surface area contributed by atoms with E-state index in [1.54, 1.807) is 7.11 Å². The van der Waals surface area contributed by atoms with Crippen molar-refractivity contribution in [2.45, 2.75) is 16.5 Å². The number of hydrogen-bond donors (Lipinski definition) is 1. The number of para-hydroxylation sites is 1. The molecule has 1 amide bonds. The molecule has 4 rings (SSSR count). The molecule has 0 fully saturated rings. The predicted molar refractivity (Wildman–Crippen MR) is 121 cm³/mol. The van der Waals surface area contributed by atoms with Gasteiger partial charge in [-0.05, 0) is 54.1 Å². The van der Waals surface area contributed by atoms with Crippen LogP contribution in [0.15, 0.2) is 88.8 Å². The zero-order chi connectivity index (χ0) is 20.9. The minimum absolute atomic E-state index is 0.144. The minimum Gasteiger partial charge on any atom is -0.497 e. The lowest BCUT2D eigenvalue weighted by Crippen LogP contribution is -2.23. The normalized spacial score (nSPS) is 10.7. The molecule has 6 heteroatoms. The number of halogens is 1. The van der Waals surface area contributed by atoms with Gasteiger partial charge in [0.15, 0.2) is 0 Å². The number of aromatic nitrogens is 1. The summed E-state index contributed by atoms with van der Waals surface area (Å²) in [6, 6.07) is 24.7. The van der Waals surface area contributed by atoms with E-state index in [4.69, 9.17) is 21.3 Å². The smallest absolute Gasteiger partial charge is 0.252 e. The van der Waals surface area contributed by atoms with E-state index in [9.17, 15) is 4.79 Å². The Hall–Kier alpha value is -3.02. The molecular weight excluding hydrogens is 416 g/mol. The van der Waals surface area contributed by atoms with Crippen LogP contribution in [0.2, 0.25) is 5.02 Å². The molecule has 0 aliphatic rings. The first-order chi connectivity index (χ1) is 14.6. The molecule has 0 saturated heterocycles. The number of nitrogens with one attached hydrogen (secondary N) is 1. The maximum atomic E-state index is 13.0. The van der Waals surface area contributed by atoms with Crippen molar-refractivity contribution in [3.05, 3.63) is 95.0 Å². The number of fused-ring (bicyclic) bond motifs is 1. The van der Waals surface area contributed by atoms with Gasteiger partial charge in [-0.25, -0.2) is 4.98 Å². The number of pyridine rings is 1. The van der Waals surface area contributed by atoms with E-state index in [-0.39, 0.29) is 5.91 Å². The van der Waals surface area contributed by atoms with E-state index >= 15 is 0 Å². The van der Waals surface area contributed by atoms with Crippen LogP contribution < -0.4 is 10.1 Å². The van der Waals surface area contributed by atoms with Gasteiger partial charge in [-0.1, -0.05) is 53.7 Å². The van der Waals surface area contributed by atoms with Crippen molar-refractivity contribution < 1.29 is 9.53 Å². The molecule has 0 atom stereocenters. The van der Waals surface area contributed by atoms with Crippen LogP contribution in [0.25, 0.3) is 10.9 Å². The van der Waals surface area contributed by atoms with Gasteiger partial charge in [0.25, 0.3) is 5.91 Å². The van der Waals surface area contributed by atoms with Gasteiger partial charge < -0.3 is 10.1 Å². The highest BCUT2D eigenvalue weighted by atomic mass is 35.5. The van der Waals surface area contributed by atoms with Gasteiger partial charge >= 0.3 is 0 Å². The monoisotopic (exact) mass is 434 g/mol. The molecule has 0 aliphatic carbocycles. The van der Waals surface area contributed by atoms with E-state index in [1.165, 1.54) is 11.8 Å². The topological polar surface area (TPSA) is 51.2 Å². The van der Waals surface area contributed by atoms with E-state index < -0.39 is 0 Å². The lowest BCUT2D eigenvalue weighted by molar-refractivity contribution is 0.0952. The number of nitrogens with zero attached hydrogens (tertiary/aromatic N) is 1. The highest BCUT2D eigenvalue weighted by Crippen LogP contribution is 2.30.